The zero-order chi connectivity index (χ0) is 15.2. The molecule has 4 nitrogen and oxygen atoms in total. The second kappa shape index (κ2) is 7.80. The molecule has 0 aromatic heterocycles. The third-order valence-electron chi connectivity index (χ3n) is 3.71. The van der Waals surface area contributed by atoms with E-state index < -0.39 is 10.8 Å². The van der Waals surface area contributed by atoms with Crippen LogP contribution in [-0.4, -0.2) is 35.3 Å². The maximum absolute atomic E-state index is 12.7. The predicted octanol–water partition coefficient (Wildman–Crippen LogP) is 2.73. The number of nitrogens with one attached hydrogen (secondary N) is 1. The molecule has 5 heteroatoms. The summed E-state index contributed by atoms with van der Waals surface area (Å²) in [6.07, 6.45) is 1.95. The van der Waals surface area contributed by atoms with E-state index in [1.54, 1.807) is 0 Å². The molecule has 0 fully saturated rings. The molecule has 1 aromatic carbocycles. The van der Waals surface area contributed by atoms with Crippen molar-refractivity contribution in [3.05, 3.63) is 18.2 Å². The van der Waals surface area contributed by atoms with E-state index >= 15 is 0 Å². The maximum atomic E-state index is 12.7. The molecule has 3 atom stereocenters. The van der Waals surface area contributed by atoms with Crippen molar-refractivity contribution < 1.29 is 13.7 Å². The van der Waals surface area contributed by atoms with Crippen LogP contribution in [0.4, 0.5) is 0 Å². The summed E-state index contributed by atoms with van der Waals surface area (Å²) < 4.78 is 24.0. The molecule has 0 spiro atoms. The van der Waals surface area contributed by atoms with Crippen LogP contribution in [0.3, 0.4) is 0 Å². The summed E-state index contributed by atoms with van der Waals surface area (Å²) in [5, 5.41) is 3.45. The van der Waals surface area contributed by atoms with Crippen molar-refractivity contribution in [3.8, 4) is 11.5 Å². The molecule has 0 radical (unpaired) electrons. The van der Waals surface area contributed by atoms with E-state index in [-0.39, 0.29) is 11.3 Å². The van der Waals surface area contributed by atoms with E-state index in [1.807, 2.05) is 25.1 Å². The lowest BCUT2D eigenvalue weighted by Crippen LogP contribution is -2.38. The highest BCUT2D eigenvalue weighted by Gasteiger charge is 2.21. The van der Waals surface area contributed by atoms with E-state index in [2.05, 4.69) is 19.2 Å². The third-order valence-corrected chi connectivity index (χ3v) is 5.51. The van der Waals surface area contributed by atoms with Gasteiger partial charge in [0.25, 0.3) is 0 Å². The Morgan fingerprint density at radius 2 is 1.95 bits per heavy atom. The highest BCUT2D eigenvalue weighted by atomic mass is 32.2. The molecule has 0 bridgehead atoms. The van der Waals surface area contributed by atoms with Gasteiger partial charge in [-0.2, -0.15) is 0 Å². The van der Waals surface area contributed by atoms with E-state index in [0.29, 0.717) is 19.0 Å². The fraction of sp³-hybridized carbons (Fsp3) is 0.625. The first-order valence-corrected chi connectivity index (χ1v) is 8.88. The van der Waals surface area contributed by atoms with E-state index in [9.17, 15) is 4.21 Å². The van der Waals surface area contributed by atoms with E-state index in [0.717, 1.165) is 30.0 Å². The standard InChI is InChI=1S/C16H25NO3S/c1-4-8-17-12(2)13(3)21(18)14-6-7-15-16(11-14)20-10-5-9-19-15/h6-7,11-13,17H,4-5,8-10H2,1-3H3. The first-order valence-electron chi connectivity index (χ1n) is 7.67. The number of fused-ring (bicyclic) bond motifs is 1. The van der Waals surface area contributed by atoms with Gasteiger partial charge in [0, 0.05) is 23.4 Å². The second-order valence-corrected chi connectivity index (χ2v) is 7.21. The van der Waals surface area contributed by atoms with Crippen molar-refractivity contribution in [1.29, 1.82) is 0 Å². The van der Waals surface area contributed by atoms with Crippen LogP contribution in [0.25, 0.3) is 0 Å². The highest BCUT2D eigenvalue weighted by Crippen LogP contribution is 2.32. The first-order chi connectivity index (χ1) is 10.1. The van der Waals surface area contributed by atoms with Crippen LogP contribution in [0.2, 0.25) is 0 Å². The van der Waals surface area contributed by atoms with Gasteiger partial charge < -0.3 is 14.8 Å². The van der Waals surface area contributed by atoms with Crippen LogP contribution in [-0.2, 0) is 10.8 Å². The molecule has 1 N–H and O–H groups in total. The summed E-state index contributed by atoms with van der Waals surface area (Å²) in [6.45, 7) is 8.50. The molecule has 3 unspecified atom stereocenters. The number of hydrogen-bond acceptors (Lipinski definition) is 4. The summed E-state index contributed by atoms with van der Waals surface area (Å²) >= 11 is 0. The van der Waals surface area contributed by atoms with Crippen LogP contribution < -0.4 is 14.8 Å². The average Bonchev–Trinajstić information content (AvgIpc) is 2.75. The minimum Gasteiger partial charge on any atom is -0.490 e. The Labute approximate surface area is 129 Å². The Hall–Kier alpha value is -1.07. The SMILES string of the molecule is CCCNC(C)C(C)S(=O)c1ccc2c(c1)OCCCO2. The summed E-state index contributed by atoms with van der Waals surface area (Å²) in [6, 6.07) is 5.82. The molecule has 0 saturated heterocycles. The predicted molar refractivity (Wildman–Crippen MR) is 85.7 cm³/mol. The molecule has 0 saturated carbocycles. The Kier molecular flexibility index (Phi) is 6.06. The van der Waals surface area contributed by atoms with Gasteiger partial charge >= 0.3 is 0 Å². The minimum absolute atomic E-state index is 0.0429. The lowest BCUT2D eigenvalue weighted by atomic mass is 10.2. The monoisotopic (exact) mass is 311 g/mol. The molecule has 118 valence electrons. The van der Waals surface area contributed by atoms with Gasteiger partial charge in [-0.05, 0) is 38.9 Å². The molecule has 21 heavy (non-hydrogen) atoms. The fourth-order valence-electron chi connectivity index (χ4n) is 2.21. The van der Waals surface area contributed by atoms with Crippen molar-refractivity contribution in [1.82, 2.24) is 5.32 Å². The lowest BCUT2D eigenvalue weighted by Gasteiger charge is -2.21. The summed E-state index contributed by atoms with van der Waals surface area (Å²) in [4.78, 5) is 0.803. The zero-order valence-electron chi connectivity index (χ0n) is 13.1. The van der Waals surface area contributed by atoms with Crippen molar-refractivity contribution in [2.45, 2.75) is 49.8 Å². The van der Waals surface area contributed by atoms with Gasteiger partial charge in [-0.3, -0.25) is 4.21 Å². The van der Waals surface area contributed by atoms with Gasteiger partial charge in [0.15, 0.2) is 11.5 Å². The van der Waals surface area contributed by atoms with Crippen molar-refractivity contribution in [2.75, 3.05) is 19.8 Å². The second-order valence-electron chi connectivity index (χ2n) is 5.40. The summed E-state index contributed by atoms with van der Waals surface area (Å²) in [5.41, 5.74) is 0. The van der Waals surface area contributed by atoms with Crippen molar-refractivity contribution in [3.63, 3.8) is 0 Å². The lowest BCUT2D eigenvalue weighted by molar-refractivity contribution is 0.297. The van der Waals surface area contributed by atoms with Gasteiger partial charge in [0.1, 0.15) is 0 Å². The van der Waals surface area contributed by atoms with Gasteiger partial charge in [-0.25, -0.2) is 0 Å². The Bertz CT molecular complexity index is 492. The molecule has 1 aliphatic rings. The molecule has 0 amide bonds. The van der Waals surface area contributed by atoms with Gasteiger partial charge in [0.05, 0.1) is 29.3 Å². The van der Waals surface area contributed by atoms with E-state index in [1.165, 1.54) is 0 Å². The van der Waals surface area contributed by atoms with Crippen molar-refractivity contribution in [2.24, 2.45) is 0 Å². The van der Waals surface area contributed by atoms with Crippen LogP contribution in [0.1, 0.15) is 33.6 Å². The third kappa shape index (κ3) is 4.20. The minimum atomic E-state index is -1.06. The molecule has 1 aromatic rings. The van der Waals surface area contributed by atoms with E-state index in [4.69, 9.17) is 9.47 Å². The normalized spacial score (nSPS) is 18.6. The quantitative estimate of drug-likeness (QED) is 0.877. The maximum Gasteiger partial charge on any atom is 0.162 e. The smallest absolute Gasteiger partial charge is 0.162 e. The fourth-order valence-corrected chi connectivity index (χ4v) is 3.53. The number of hydrogen-bond donors (Lipinski definition) is 1. The topological polar surface area (TPSA) is 47.6 Å². The number of benzene rings is 1. The Morgan fingerprint density at radius 1 is 1.24 bits per heavy atom. The largest absolute Gasteiger partial charge is 0.490 e. The van der Waals surface area contributed by atoms with Crippen LogP contribution in [0.15, 0.2) is 23.1 Å². The Balaban J connectivity index is 2.10. The highest BCUT2D eigenvalue weighted by molar-refractivity contribution is 7.85. The summed E-state index contributed by atoms with van der Waals surface area (Å²) in [7, 11) is -1.06. The molecule has 2 rings (SSSR count). The molecule has 0 aliphatic carbocycles. The van der Waals surface area contributed by atoms with Gasteiger partial charge in [0.2, 0.25) is 0 Å². The molecule has 1 heterocycles. The number of rotatable bonds is 6. The average molecular weight is 311 g/mol. The Morgan fingerprint density at radius 3 is 2.67 bits per heavy atom. The van der Waals surface area contributed by atoms with Crippen molar-refractivity contribution >= 4 is 10.8 Å². The van der Waals surface area contributed by atoms with Gasteiger partial charge in [-0.15, -0.1) is 0 Å². The summed E-state index contributed by atoms with van der Waals surface area (Å²) in [5.74, 6) is 1.46. The first kappa shape index (κ1) is 16.3. The van der Waals surface area contributed by atoms with Gasteiger partial charge in [-0.1, -0.05) is 6.92 Å². The van der Waals surface area contributed by atoms with Crippen LogP contribution >= 0.6 is 0 Å². The molecular weight excluding hydrogens is 286 g/mol. The number of ether oxygens (including phenoxy) is 2. The zero-order valence-corrected chi connectivity index (χ0v) is 13.9. The van der Waals surface area contributed by atoms with Crippen LogP contribution in [0, 0.1) is 0 Å². The van der Waals surface area contributed by atoms with Crippen LogP contribution in [0.5, 0.6) is 11.5 Å². The molecule has 1 aliphatic heterocycles. The molecular formula is C16H25NO3S.